The third kappa shape index (κ3) is 5.80. The second kappa shape index (κ2) is 10.8. The fourth-order valence-corrected chi connectivity index (χ4v) is 5.50. The average molecular weight is 483 g/mol. The van der Waals surface area contributed by atoms with Gasteiger partial charge in [-0.1, -0.05) is 0 Å². The molecule has 0 aromatic heterocycles. The first-order valence-electron chi connectivity index (χ1n) is 10.7. The highest BCUT2D eigenvalue weighted by Crippen LogP contribution is 2.50. The van der Waals surface area contributed by atoms with Crippen LogP contribution in [-0.2, 0) is 39.8 Å². The van der Waals surface area contributed by atoms with E-state index in [1.54, 1.807) is 34.1 Å². The van der Waals surface area contributed by atoms with Crippen LogP contribution >= 0.6 is 11.8 Å². The number of ether oxygens (including phenoxy) is 6. The summed E-state index contributed by atoms with van der Waals surface area (Å²) < 4.78 is 34.2. The van der Waals surface area contributed by atoms with Crippen molar-refractivity contribution in [2.45, 2.75) is 75.8 Å². The standard InChI is InChI=1S/C23H30O9S/c1-11(24)19-9-15-16(27-5)7-8-17(28-6)21(15)23(33-19)32-20-10-18(30-13(3)25)22(12(2)29-20)31-14(4)26/h7-8,12,18-20,22-23H,9-10H2,1-6H3/t12-,18-,19+,20-,22+,23+/m0/s1. The number of Topliss-reactive ketones (excluding diaryl/α,β-unsaturated/α-hetero) is 1. The van der Waals surface area contributed by atoms with Crippen molar-refractivity contribution >= 4 is 29.5 Å². The molecule has 182 valence electrons. The lowest BCUT2D eigenvalue weighted by Gasteiger charge is -2.41. The Morgan fingerprint density at radius 3 is 2.21 bits per heavy atom. The fourth-order valence-electron chi connectivity index (χ4n) is 4.17. The summed E-state index contributed by atoms with van der Waals surface area (Å²) in [4.78, 5) is 35.5. The van der Waals surface area contributed by atoms with Gasteiger partial charge in [-0.25, -0.2) is 0 Å². The summed E-state index contributed by atoms with van der Waals surface area (Å²) >= 11 is 1.37. The molecule has 1 aromatic rings. The fraction of sp³-hybridized carbons (Fsp3) is 0.609. The zero-order valence-electron chi connectivity index (χ0n) is 19.6. The normalized spacial score (nSPS) is 28.9. The quantitative estimate of drug-likeness (QED) is 0.538. The summed E-state index contributed by atoms with van der Waals surface area (Å²) in [7, 11) is 3.15. The molecule has 2 aliphatic heterocycles. The van der Waals surface area contributed by atoms with Crippen LogP contribution in [0.15, 0.2) is 12.1 Å². The van der Waals surface area contributed by atoms with Gasteiger partial charge < -0.3 is 28.4 Å². The Morgan fingerprint density at radius 2 is 1.64 bits per heavy atom. The SMILES string of the molecule is COc1ccc(OC)c2c1C[C@H](C(C)=O)S[C@H]2O[C@H]1C[C@H](OC(C)=O)[C@H](OC(C)=O)[C@H](C)O1. The molecule has 9 nitrogen and oxygen atoms in total. The number of hydrogen-bond donors (Lipinski definition) is 0. The first-order chi connectivity index (χ1) is 15.6. The maximum atomic E-state index is 12.3. The molecule has 6 atom stereocenters. The van der Waals surface area contributed by atoms with Crippen LogP contribution in [-0.4, -0.2) is 61.8 Å². The summed E-state index contributed by atoms with van der Waals surface area (Å²) in [5, 5.41) is -0.331. The Labute approximate surface area is 197 Å². The molecule has 0 bridgehead atoms. The van der Waals surface area contributed by atoms with Gasteiger partial charge in [-0.2, -0.15) is 0 Å². The molecule has 33 heavy (non-hydrogen) atoms. The molecule has 0 unspecified atom stereocenters. The smallest absolute Gasteiger partial charge is 0.303 e. The van der Waals surface area contributed by atoms with Crippen LogP contribution in [0.25, 0.3) is 0 Å². The lowest BCUT2D eigenvalue weighted by atomic mass is 9.98. The predicted molar refractivity (Wildman–Crippen MR) is 119 cm³/mol. The van der Waals surface area contributed by atoms with Gasteiger partial charge in [0.25, 0.3) is 0 Å². The molecular weight excluding hydrogens is 452 g/mol. The molecule has 0 amide bonds. The Kier molecular flexibility index (Phi) is 8.25. The molecule has 3 rings (SSSR count). The van der Waals surface area contributed by atoms with Crippen molar-refractivity contribution in [3.05, 3.63) is 23.3 Å². The maximum Gasteiger partial charge on any atom is 0.303 e. The molecule has 2 aliphatic rings. The molecule has 0 saturated carbocycles. The Morgan fingerprint density at radius 1 is 1.00 bits per heavy atom. The second-order valence-corrected chi connectivity index (χ2v) is 9.27. The molecule has 1 fully saturated rings. The van der Waals surface area contributed by atoms with Crippen LogP contribution in [0, 0.1) is 0 Å². The molecule has 0 N–H and O–H groups in total. The summed E-state index contributed by atoms with van der Waals surface area (Å²) in [6, 6.07) is 3.60. The highest BCUT2D eigenvalue weighted by Gasteiger charge is 2.44. The van der Waals surface area contributed by atoms with Gasteiger partial charge in [0.1, 0.15) is 28.8 Å². The molecule has 1 aromatic carbocycles. The van der Waals surface area contributed by atoms with Gasteiger partial charge in [0, 0.05) is 31.4 Å². The summed E-state index contributed by atoms with van der Waals surface area (Å²) in [6.45, 7) is 5.86. The third-order valence-corrected chi connectivity index (χ3v) is 7.02. The van der Waals surface area contributed by atoms with Crippen molar-refractivity contribution in [2.24, 2.45) is 0 Å². The first kappa shape index (κ1) is 25.3. The number of thioether (sulfide) groups is 1. The number of hydrogen-bond acceptors (Lipinski definition) is 10. The van der Waals surface area contributed by atoms with E-state index in [2.05, 4.69) is 0 Å². The van der Waals surface area contributed by atoms with Crippen molar-refractivity contribution in [1.29, 1.82) is 0 Å². The highest BCUT2D eigenvalue weighted by atomic mass is 32.2. The largest absolute Gasteiger partial charge is 0.496 e. The van der Waals surface area contributed by atoms with Gasteiger partial charge in [-0.15, -0.1) is 11.8 Å². The van der Waals surface area contributed by atoms with Gasteiger partial charge >= 0.3 is 11.9 Å². The lowest BCUT2D eigenvalue weighted by molar-refractivity contribution is -0.259. The molecule has 0 aliphatic carbocycles. The maximum absolute atomic E-state index is 12.3. The zero-order valence-corrected chi connectivity index (χ0v) is 20.4. The van der Waals surface area contributed by atoms with Crippen LogP contribution in [0.3, 0.4) is 0 Å². The number of esters is 2. The number of carbonyl (C=O) groups excluding carboxylic acids is 3. The van der Waals surface area contributed by atoms with Crippen molar-refractivity contribution in [1.82, 2.24) is 0 Å². The zero-order chi connectivity index (χ0) is 24.3. The van der Waals surface area contributed by atoms with E-state index in [-0.39, 0.29) is 17.5 Å². The number of fused-ring (bicyclic) bond motifs is 1. The van der Waals surface area contributed by atoms with Crippen molar-refractivity contribution in [3.8, 4) is 11.5 Å². The Hall–Kier alpha value is -2.30. The van der Waals surface area contributed by atoms with E-state index in [1.807, 2.05) is 6.07 Å². The van der Waals surface area contributed by atoms with Crippen LogP contribution in [0.4, 0.5) is 0 Å². The van der Waals surface area contributed by atoms with Gasteiger partial charge in [-0.05, 0) is 32.4 Å². The van der Waals surface area contributed by atoms with Crippen LogP contribution in [0.5, 0.6) is 11.5 Å². The number of carbonyl (C=O) groups is 3. The van der Waals surface area contributed by atoms with Crippen LogP contribution < -0.4 is 9.47 Å². The van der Waals surface area contributed by atoms with E-state index in [1.165, 1.54) is 25.6 Å². The second-order valence-electron chi connectivity index (χ2n) is 8.00. The van der Waals surface area contributed by atoms with Gasteiger partial charge in [0.2, 0.25) is 0 Å². The van der Waals surface area contributed by atoms with E-state index >= 15 is 0 Å². The summed E-state index contributed by atoms with van der Waals surface area (Å²) in [5.41, 5.74) is 1.04. The number of ketones is 1. The minimum Gasteiger partial charge on any atom is -0.496 e. The number of methoxy groups -OCH3 is 2. The minimum atomic E-state index is -0.775. The van der Waals surface area contributed by atoms with E-state index in [4.69, 9.17) is 28.4 Å². The minimum absolute atomic E-state index is 0.0229. The first-order valence-corrected chi connectivity index (χ1v) is 11.6. The number of benzene rings is 1. The van der Waals surface area contributed by atoms with Gasteiger partial charge in [-0.3, -0.25) is 14.4 Å². The molecule has 1 saturated heterocycles. The molecule has 10 heteroatoms. The number of rotatable bonds is 7. The van der Waals surface area contributed by atoms with Gasteiger partial charge in [0.15, 0.2) is 12.4 Å². The van der Waals surface area contributed by atoms with Crippen molar-refractivity contribution in [3.63, 3.8) is 0 Å². The van der Waals surface area contributed by atoms with E-state index in [0.717, 1.165) is 11.1 Å². The summed E-state index contributed by atoms with van der Waals surface area (Å²) in [5.74, 6) is 0.296. The third-order valence-electron chi connectivity index (χ3n) is 5.60. The monoisotopic (exact) mass is 482 g/mol. The van der Waals surface area contributed by atoms with E-state index < -0.39 is 42.0 Å². The molecular formula is C23H30O9S. The molecule has 0 spiro atoms. The Bertz CT molecular complexity index is 902. The predicted octanol–water partition coefficient (Wildman–Crippen LogP) is 2.96. The van der Waals surface area contributed by atoms with E-state index in [0.29, 0.717) is 17.9 Å². The summed E-state index contributed by atoms with van der Waals surface area (Å²) in [6.07, 6.45) is -2.20. The average Bonchev–Trinajstić information content (AvgIpc) is 2.74. The van der Waals surface area contributed by atoms with E-state index in [9.17, 15) is 14.4 Å². The Balaban J connectivity index is 1.91. The topological polar surface area (TPSA) is 107 Å². The van der Waals surface area contributed by atoms with Gasteiger partial charge in [0.05, 0.1) is 25.6 Å². The van der Waals surface area contributed by atoms with Crippen LogP contribution in [0.1, 0.15) is 50.7 Å². The highest BCUT2D eigenvalue weighted by molar-refractivity contribution is 8.00. The lowest BCUT2D eigenvalue weighted by Crippen LogP contribution is -2.51. The van der Waals surface area contributed by atoms with Crippen molar-refractivity contribution < 1.29 is 42.8 Å². The molecule has 0 radical (unpaired) electrons. The van der Waals surface area contributed by atoms with Crippen molar-refractivity contribution in [2.75, 3.05) is 14.2 Å². The van der Waals surface area contributed by atoms with Crippen LogP contribution in [0.2, 0.25) is 0 Å². The molecule has 2 heterocycles.